The monoisotopic (exact) mass is 248 g/mol. The molecule has 0 radical (unpaired) electrons. The van der Waals surface area contributed by atoms with Gasteiger partial charge in [0.05, 0.1) is 5.02 Å². The van der Waals surface area contributed by atoms with E-state index in [9.17, 15) is 13.2 Å². The largest absolute Gasteiger partial charge is 0.309 e. The molecule has 0 unspecified atom stereocenters. The van der Waals surface area contributed by atoms with Crippen molar-refractivity contribution in [2.75, 3.05) is 17.3 Å². The highest BCUT2D eigenvalue weighted by Gasteiger charge is 2.12. The van der Waals surface area contributed by atoms with Crippen molar-refractivity contribution >= 4 is 33.2 Å². The maximum Gasteiger partial charge on any atom is 0.240 e. The molecule has 1 aromatic rings. The van der Waals surface area contributed by atoms with Gasteiger partial charge in [0, 0.05) is 12.5 Å². The molecular formula is C8H9ClN2O3S. The lowest BCUT2D eigenvalue weighted by atomic mass is 10.4. The van der Waals surface area contributed by atoms with Crippen molar-refractivity contribution in [2.45, 2.75) is 0 Å². The number of aromatic nitrogens is 1. The Morgan fingerprint density at radius 3 is 2.80 bits per heavy atom. The van der Waals surface area contributed by atoms with Gasteiger partial charge in [0.25, 0.3) is 0 Å². The lowest BCUT2D eigenvalue weighted by Gasteiger charge is -2.04. The van der Waals surface area contributed by atoms with Crippen molar-refractivity contribution < 1.29 is 13.2 Å². The summed E-state index contributed by atoms with van der Waals surface area (Å²) in [6.45, 7) is 0. The van der Waals surface area contributed by atoms with E-state index in [0.29, 0.717) is 0 Å². The number of hydrogen-bond donors (Lipinski definition) is 1. The molecule has 82 valence electrons. The number of nitrogens with one attached hydrogen (secondary N) is 1. The molecule has 7 heteroatoms. The van der Waals surface area contributed by atoms with Crippen molar-refractivity contribution in [3.05, 3.63) is 23.4 Å². The number of hydrogen-bond acceptors (Lipinski definition) is 4. The second-order valence-corrected chi connectivity index (χ2v) is 5.50. The molecule has 0 aromatic carbocycles. The smallest absolute Gasteiger partial charge is 0.240 e. The molecule has 1 heterocycles. The first kappa shape index (κ1) is 11.9. The summed E-state index contributed by atoms with van der Waals surface area (Å²) in [6.07, 6.45) is 2.43. The Labute approximate surface area is 92.4 Å². The third-order valence-corrected chi connectivity index (χ3v) is 2.50. The fourth-order valence-corrected chi connectivity index (χ4v) is 1.60. The van der Waals surface area contributed by atoms with Crippen molar-refractivity contribution in [2.24, 2.45) is 0 Å². The van der Waals surface area contributed by atoms with Crippen LogP contribution in [0.3, 0.4) is 0 Å². The molecule has 0 aliphatic rings. The molecule has 1 amide bonds. The van der Waals surface area contributed by atoms with Crippen LogP contribution in [0.5, 0.6) is 0 Å². The van der Waals surface area contributed by atoms with Gasteiger partial charge in [-0.3, -0.25) is 4.79 Å². The number of nitrogens with zero attached hydrogens (tertiary/aromatic N) is 1. The fourth-order valence-electron chi connectivity index (χ4n) is 0.884. The molecule has 1 aromatic heterocycles. The van der Waals surface area contributed by atoms with E-state index in [1.54, 1.807) is 12.1 Å². The molecule has 0 aliphatic heterocycles. The minimum absolute atomic E-state index is 0.160. The van der Waals surface area contributed by atoms with Crippen molar-refractivity contribution in [3.8, 4) is 0 Å². The first-order valence-electron chi connectivity index (χ1n) is 3.96. The molecule has 1 N–H and O–H groups in total. The lowest BCUT2D eigenvalue weighted by Crippen LogP contribution is -2.22. The van der Waals surface area contributed by atoms with Crippen LogP contribution in [0, 0.1) is 0 Å². The SMILES string of the molecule is CS(=O)(=O)CC(=O)Nc1ncccc1Cl. The Bertz CT molecular complexity index is 473. The summed E-state index contributed by atoms with van der Waals surface area (Å²) >= 11 is 5.71. The van der Waals surface area contributed by atoms with E-state index in [1.807, 2.05) is 0 Å². The van der Waals surface area contributed by atoms with Crippen LogP contribution in [0.25, 0.3) is 0 Å². The Kier molecular flexibility index (Phi) is 3.65. The Balaban J connectivity index is 2.72. The predicted octanol–water partition coefficient (Wildman–Crippen LogP) is 0.718. The van der Waals surface area contributed by atoms with Crippen molar-refractivity contribution in [3.63, 3.8) is 0 Å². The normalized spacial score (nSPS) is 11.1. The number of sulfone groups is 1. The van der Waals surface area contributed by atoms with Crippen LogP contribution in [0.15, 0.2) is 18.3 Å². The van der Waals surface area contributed by atoms with Gasteiger partial charge in [0.1, 0.15) is 5.75 Å². The van der Waals surface area contributed by atoms with Gasteiger partial charge in [-0.15, -0.1) is 0 Å². The molecule has 0 saturated carbocycles. The maximum atomic E-state index is 11.2. The van der Waals surface area contributed by atoms with Gasteiger partial charge >= 0.3 is 0 Å². The standard InChI is InChI=1S/C8H9ClN2O3S/c1-15(13,14)5-7(12)11-8-6(9)3-2-4-10-8/h2-4H,5H2,1H3,(H,10,11,12). The van der Waals surface area contributed by atoms with Crippen LogP contribution in [-0.4, -0.2) is 31.3 Å². The quantitative estimate of drug-likeness (QED) is 0.855. The van der Waals surface area contributed by atoms with Gasteiger partial charge in [-0.1, -0.05) is 11.6 Å². The molecular weight excluding hydrogens is 240 g/mol. The molecule has 0 spiro atoms. The minimum atomic E-state index is -3.34. The summed E-state index contributed by atoms with van der Waals surface area (Å²) in [5.74, 6) is -1.08. The minimum Gasteiger partial charge on any atom is -0.309 e. The average molecular weight is 249 g/mol. The molecule has 15 heavy (non-hydrogen) atoms. The Hall–Kier alpha value is -1.14. The van der Waals surface area contributed by atoms with Crippen molar-refractivity contribution in [1.29, 1.82) is 0 Å². The van der Waals surface area contributed by atoms with Gasteiger partial charge in [0.15, 0.2) is 15.7 Å². The average Bonchev–Trinajstić information content (AvgIpc) is 2.05. The molecule has 0 atom stereocenters. The molecule has 1 rings (SSSR count). The summed E-state index contributed by atoms with van der Waals surface area (Å²) in [5, 5.41) is 2.57. The Morgan fingerprint density at radius 2 is 2.27 bits per heavy atom. The Morgan fingerprint density at radius 1 is 1.60 bits per heavy atom. The molecule has 0 bridgehead atoms. The second kappa shape index (κ2) is 4.59. The number of carbonyl (C=O) groups is 1. The zero-order valence-electron chi connectivity index (χ0n) is 7.90. The summed E-state index contributed by atoms with van der Waals surface area (Å²) < 4.78 is 21.6. The van der Waals surface area contributed by atoms with Gasteiger partial charge in [0.2, 0.25) is 5.91 Å². The molecule has 5 nitrogen and oxygen atoms in total. The highest BCUT2D eigenvalue weighted by molar-refractivity contribution is 7.91. The summed E-state index contributed by atoms with van der Waals surface area (Å²) in [7, 11) is -3.34. The van der Waals surface area contributed by atoms with Crippen LogP contribution in [-0.2, 0) is 14.6 Å². The maximum absolute atomic E-state index is 11.2. The number of anilines is 1. The molecule has 0 fully saturated rings. The number of amides is 1. The van der Waals surface area contributed by atoms with Gasteiger partial charge in [-0.25, -0.2) is 13.4 Å². The van der Waals surface area contributed by atoms with Crippen LogP contribution in [0.4, 0.5) is 5.82 Å². The molecule has 0 aliphatic carbocycles. The second-order valence-electron chi connectivity index (χ2n) is 2.95. The summed E-state index contributed by atoms with van der Waals surface area (Å²) in [6, 6.07) is 3.15. The third-order valence-electron chi connectivity index (χ3n) is 1.41. The highest BCUT2D eigenvalue weighted by Crippen LogP contribution is 2.16. The zero-order valence-corrected chi connectivity index (χ0v) is 9.47. The van der Waals surface area contributed by atoms with E-state index in [0.717, 1.165) is 6.26 Å². The van der Waals surface area contributed by atoms with E-state index in [2.05, 4.69) is 10.3 Å². The van der Waals surface area contributed by atoms with E-state index < -0.39 is 21.5 Å². The van der Waals surface area contributed by atoms with Crippen LogP contribution < -0.4 is 5.32 Å². The number of rotatable bonds is 3. The highest BCUT2D eigenvalue weighted by atomic mass is 35.5. The summed E-state index contributed by atoms with van der Waals surface area (Å²) in [5.41, 5.74) is 0. The van der Waals surface area contributed by atoms with Gasteiger partial charge in [-0.2, -0.15) is 0 Å². The lowest BCUT2D eigenvalue weighted by molar-refractivity contribution is -0.113. The molecule has 0 saturated heterocycles. The fraction of sp³-hybridized carbons (Fsp3) is 0.250. The first-order valence-corrected chi connectivity index (χ1v) is 6.40. The van der Waals surface area contributed by atoms with E-state index in [-0.39, 0.29) is 10.8 Å². The number of pyridine rings is 1. The van der Waals surface area contributed by atoms with E-state index >= 15 is 0 Å². The third kappa shape index (κ3) is 4.26. The van der Waals surface area contributed by atoms with Gasteiger partial charge < -0.3 is 5.32 Å². The van der Waals surface area contributed by atoms with Gasteiger partial charge in [-0.05, 0) is 12.1 Å². The van der Waals surface area contributed by atoms with E-state index in [4.69, 9.17) is 11.6 Å². The first-order chi connectivity index (χ1) is 6.88. The van der Waals surface area contributed by atoms with Crippen molar-refractivity contribution in [1.82, 2.24) is 4.98 Å². The number of carbonyl (C=O) groups excluding carboxylic acids is 1. The van der Waals surface area contributed by atoms with Crippen LogP contribution >= 0.6 is 11.6 Å². The summed E-state index contributed by atoms with van der Waals surface area (Å²) in [4.78, 5) is 15.0. The topological polar surface area (TPSA) is 76.1 Å². The van der Waals surface area contributed by atoms with E-state index in [1.165, 1.54) is 6.20 Å². The predicted molar refractivity (Wildman–Crippen MR) is 57.6 cm³/mol. The van der Waals surface area contributed by atoms with Crippen LogP contribution in [0.1, 0.15) is 0 Å². The van der Waals surface area contributed by atoms with Crippen LogP contribution in [0.2, 0.25) is 5.02 Å². The number of halogens is 1. The zero-order chi connectivity index (χ0) is 11.5.